The van der Waals surface area contributed by atoms with E-state index in [-0.39, 0.29) is 81.2 Å². The second kappa shape index (κ2) is 11.4. The summed E-state index contributed by atoms with van der Waals surface area (Å²) >= 11 is 0. The predicted octanol–water partition coefficient (Wildman–Crippen LogP) is 6.55. The van der Waals surface area contributed by atoms with Crippen molar-refractivity contribution in [3.8, 4) is 23.0 Å². The molecule has 268 valence electrons. The Morgan fingerprint density at radius 1 is 1.04 bits per heavy atom. The van der Waals surface area contributed by atoms with Crippen molar-refractivity contribution in [2.45, 2.75) is 68.9 Å². The Hall–Kier alpha value is -4.21. The number of nitrogens with zero attached hydrogens (tertiary/aromatic N) is 5. The molecule has 2 aromatic heterocycles. The molecule has 2 aliphatic carbocycles. The van der Waals surface area contributed by atoms with Crippen molar-refractivity contribution in [3.63, 3.8) is 0 Å². The van der Waals surface area contributed by atoms with Crippen LogP contribution >= 0.6 is 0 Å². The number of rotatable bonds is 7. The molecule has 0 radical (unpaired) electrons. The fourth-order valence-electron chi connectivity index (χ4n) is 9.12. The zero-order valence-electron chi connectivity index (χ0n) is 27.2. The van der Waals surface area contributed by atoms with Gasteiger partial charge in [0, 0.05) is 41.7 Å². The van der Waals surface area contributed by atoms with E-state index in [1.165, 1.54) is 30.5 Å². The Labute approximate surface area is 287 Å². The second-order valence-electron chi connectivity index (χ2n) is 14.5. The topological polar surface area (TPSA) is 104 Å². The number of alkyl halides is 2. The number of fused-ring (bicyclic) bond motifs is 5. The molecule has 0 bridgehead atoms. The Morgan fingerprint density at radius 3 is 2.63 bits per heavy atom. The molecule has 5 fully saturated rings. The van der Waals surface area contributed by atoms with Gasteiger partial charge in [0.15, 0.2) is 17.4 Å². The Kier molecular flexibility index (Phi) is 7.30. The lowest BCUT2D eigenvalue weighted by Gasteiger charge is -2.36. The van der Waals surface area contributed by atoms with E-state index in [0.717, 1.165) is 38.2 Å². The number of benzene rings is 2. The van der Waals surface area contributed by atoms with Crippen molar-refractivity contribution in [2.24, 2.45) is 11.3 Å². The van der Waals surface area contributed by atoms with Gasteiger partial charge < -0.3 is 24.6 Å². The standard InChI is InChI=1S/C36H33F6N5O4/c37-23-8-7-18-4-3-6-20(24(18)30(23)51-36(42,48)49)27-26(39)28-22(15-43-27)32(47-12-2-1-5-21-25(38)29(21)47)45-33(44-28)50-17-35-14-19(31(40)41)16-46(35)13-11-34(35)9-10-34/h3-4,6-8,15,21,25,29,48-49H,1-2,5,9-14,16-17H2/t21?,25-,29?,35-/m0/s1. The summed E-state index contributed by atoms with van der Waals surface area (Å²) in [4.78, 5) is 17.4. The van der Waals surface area contributed by atoms with Gasteiger partial charge in [-0.1, -0.05) is 30.7 Å². The van der Waals surface area contributed by atoms with Gasteiger partial charge in [0.1, 0.15) is 29.8 Å². The number of hydrogen-bond acceptors (Lipinski definition) is 9. The fourth-order valence-corrected chi connectivity index (χ4v) is 9.12. The lowest BCUT2D eigenvalue weighted by Crippen LogP contribution is -2.49. The van der Waals surface area contributed by atoms with E-state index in [1.54, 1.807) is 4.90 Å². The van der Waals surface area contributed by atoms with E-state index in [0.29, 0.717) is 19.5 Å². The van der Waals surface area contributed by atoms with Crippen molar-refractivity contribution in [3.05, 3.63) is 59.8 Å². The number of ether oxygens (including phenoxy) is 2. The third-order valence-corrected chi connectivity index (χ3v) is 11.8. The lowest BCUT2D eigenvalue weighted by molar-refractivity contribution is -0.375. The van der Waals surface area contributed by atoms with Crippen LogP contribution in [0.1, 0.15) is 44.9 Å². The molecule has 2 saturated carbocycles. The minimum Gasteiger partial charge on any atom is -0.461 e. The largest absolute Gasteiger partial charge is 0.492 e. The Balaban J connectivity index is 1.19. The van der Waals surface area contributed by atoms with Crippen LogP contribution in [0.2, 0.25) is 0 Å². The number of halogens is 6. The molecule has 2 N–H and O–H groups in total. The summed E-state index contributed by atoms with van der Waals surface area (Å²) in [5.41, 5.74) is -1.45. The van der Waals surface area contributed by atoms with Crippen LogP contribution in [0.5, 0.6) is 11.8 Å². The zero-order valence-corrected chi connectivity index (χ0v) is 27.2. The molecule has 4 atom stereocenters. The molecule has 9 nitrogen and oxygen atoms in total. The van der Waals surface area contributed by atoms with Crippen molar-refractivity contribution < 1.29 is 46.0 Å². The Morgan fingerprint density at radius 2 is 1.86 bits per heavy atom. The predicted molar refractivity (Wildman–Crippen MR) is 172 cm³/mol. The summed E-state index contributed by atoms with van der Waals surface area (Å²) in [5.74, 6) is -2.99. The highest BCUT2D eigenvalue weighted by molar-refractivity contribution is 6.02. The van der Waals surface area contributed by atoms with Gasteiger partial charge in [-0.25, -0.2) is 13.2 Å². The number of hydrogen-bond donors (Lipinski definition) is 2. The second-order valence-corrected chi connectivity index (χ2v) is 14.5. The van der Waals surface area contributed by atoms with Gasteiger partial charge in [0.2, 0.25) is 0 Å². The minimum atomic E-state index is -4.24. The van der Waals surface area contributed by atoms with Crippen molar-refractivity contribution >= 4 is 27.5 Å². The van der Waals surface area contributed by atoms with Crippen LogP contribution in [-0.2, 0) is 0 Å². The lowest BCUT2D eigenvalue weighted by atomic mass is 9.80. The molecule has 2 unspecified atom stereocenters. The normalized spacial score (nSPS) is 26.8. The monoisotopic (exact) mass is 713 g/mol. The van der Waals surface area contributed by atoms with Crippen LogP contribution in [0.25, 0.3) is 32.9 Å². The minimum absolute atomic E-state index is 0.0112. The maximum absolute atomic E-state index is 17.0. The molecule has 3 aliphatic heterocycles. The van der Waals surface area contributed by atoms with Crippen molar-refractivity contribution in [2.75, 3.05) is 31.1 Å². The number of aromatic nitrogens is 3. The van der Waals surface area contributed by atoms with Crippen LogP contribution < -0.4 is 14.4 Å². The van der Waals surface area contributed by atoms with Crippen LogP contribution in [0.3, 0.4) is 0 Å². The van der Waals surface area contributed by atoms with E-state index < -0.39 is 47.4 Å². The molecular formula is C36H33F6N5O4. The van der Waals surface area contributed by atoms with E-state index in [2.05, 4.69) is 14.7 Å². The summed E-state index contributed by atoms with van der Waals surface area (Å²) in [6, 6.07) is 6.01. The summed E-state index contributed by atoms with van der Waals surface area (Å²) in [7, 11) is 0. The van der Waals surface area contributed by atoms with Crippen molar-refractivity contribution in [1.82, 2.24) is 19.9 Å². The van der Waals surface area contributed by atoms with E-state index in [9.17, 15) is 27.8 Å². The highest BCUT2D eigenvalue weighted by Gasteiger charge is 2.68. The highest BCUT2D eigenvalue weighted by atomic mass is 19.3. The van der Waals surface area contributed by atoms with Crippen LogP contribution in [0.4, 0.5) is 32.2 Å². The number of anilines is 1. The molecule has 15 heteroatoms. The summed E-state index contributed by atoms with van der Waals surface area (Å²) < 4.78 is 99.5. The third kappa shape index (κ3) is 5.13. The van der Waals surface area contributed by atoms with Gasteiger partial charge in [-0.15, -0.1) is 4.39 Å². The number of pyridine rings is 1. The first-order valence-corrected chi connectivity index (χ1v) is 17.1. The maximum atomic E-state index is 17.0. The summed E-state index contributed by atoms with van der Waals surface area (Å²) in [6.45, 7) is 1.22. The molecule has 2 aromatic carbocycles. The Bertz CT molecular complexity index is 2120. The number of aliphatic hydroxyl groups is 2. The van der Waals surface area contributed by atoms with Crippen LogP contribution in [-0.4, -0.2) is 80.3 Å². The molecule has 9 rings (SSSR count). The molecular weight excluding hydrogens is 680 g/mol. The van der Waals surface area contributed by atoms with E-state index in [4.69, 9.17) is 9.72 Å². The first kappa shape index (κ1) is 32.7. The van der Waals surface area contributed by atoms with Gasteiger partial charge in [0.25, 0.3) is 6.08 Å². The van der Waals surface area contributed by atoms with Gasteiger partial charge in [-0.05, 0) is 61.9 Å². The average molecular weight is 714 g/mol. The van der Waals surface area contributed by atoms with Crippen LogP contribution in [0.15, 0.2) is 48.2 Å². The van der Waals surface area contributed by atoms with Crippen molar-refractivity contribution in [1.29, 1.82) is 0 Å². The summed E-state index contributed by atoms with van der Waals surface area (Å²) in [6.07, 6.45) is -0.688. The zero-order chi connectivity index (χ0) is 35.4. The first-order chi connectivity index (χ1) is 24.4. The third-order valence-electron chi connectivity index (χ3n) is 11.8. The molecule has 1 spiro atoms. The SMILES string of the molecule is OC(O)(F)Oc1c(F)ccc2cccc(-c3ncc4c(N5CCCCC6C5[C@H]6F)nc(OC[C@]56CC(=C(F)F)CN5CCC65CC5)nc4c3F)c12. The molecule has 4 aromatic rings. The molecule has 51 heavy (non-hydrogen) atoms. The molecule has 3 saturated heterocycles. The van der Waals surface area contributed by atoms with Gasteiger partial charge in [0.05, 0.1) is 17.0 Å². The molecule has 5 aliphatic rings. The highest BCUT2D eigenvalue weighted by Crippen LogP contribution is 2.66. The fraction of sp³-hybridized carbons (Fsp3) is 0.472. The van der Waals surface area contributed by atoms with Crippen LogP contribution in [0, 0.1) is 23.0 Å². The van der Waals surface area contributed by atoms with E-state index >= 15 is 8.78 Å². The quantitative estimate of drug-likeness (QED) is 0.163. The first-order valence-electron chi connectivity index (χ1n) is 17.1. The van der Waals surface area contributed by atoms with E-state index in [1.807, 2.05) is 4.90 Å². The van der Waals surface area contributed by atoms with Gasteiger partial charge in [-0.2, -0.15) is 18.7 Å². The van der Waals surface area contributed by atoms with Gasteiger partial charge in [-0.3, -0.25) is 9.88 Å². The molecule has 0 amide bonds. The molecule has 5 heterocycles. The summed E-state index contributed by atoms with van der Waals surface area (Å²) in [5, 5.41) is 18.9. The average Bonchev–Trinajstić information content (AvgIpc) is 3.96. The van der Waals surface area contributed by atoms with Gasteiger partial charge >= 0.3 is 12.2 Å². The maximum Gasteiger partial charge on any atom is 0.492 e. The smallest absolute Gasteiger partial charge is 0.461 e.